The SMILES string of the molecule is CC(=O)C=C(C)Nc1cccc(C(=O)O)c1. The van der Waals surface area contributed by atoms with E-state index in [1.165, 1.54) is 25.1 Å². The summed E-state index contributed by atoms with van der Waals surface area (Å²) in [4.78, 5) is 21.5. The van der Waals surface area contributed by atoms with E-state index in [9.17, 15) is 9.59 Å². The topological polar surface area (TPSA) is 66.4 Å². The van der Waals surface area contributed by atoms with Crippen molar-refractivity contribution >= 4 is 17.4 Å². The number of aromatic carboxylic acids is 1. The number of nitrogens with one attached hydrogen (secondary N) is 1. The monoisotopic (exact) mass is 219 g/mol. The number of carboxylic acids is 1. The zero-order chi connectivity index (χ0) is 12.1. The Hall–Kier alpha value is -2.10. The van der Waals surface area contributed by atoms with Crippen molar-refractivity contribution in [2.75, 3.05) is 5.32 Å². The summed E-state index contributed by atoms with van der Waals surface area (Å²) in [6.07, 6.45) is 1.45. The van der Waals surface area contributed by atoms with Gasteiger partial charge in [0.2, 0.25) is 0 Å². The molecule has 16 heavy (non-hydrogen) atoms. The van der Waals surface area contributed by atoms with Gasteiger partial charge in [0.25, 0.3) is 0 Å². The van der Waals surface area contributed by atoms with E-state index >= 15 is 0 Å². The normalized spacial score (nSPS) is 11.0. The van der Waals surface area contributed by atoms with Crippen LogP contribution in [0.1, 0.15) is 24.2 Å². The molecule has 0 atom stereocenters. The predicted octanol–water partition coefficient (Wildman–Crippen LogP) is 2.29. The lowest BCUT2D eigenvalue weighted by Gasteiger charge is -2.06. The minimum absolute atomic E-state index is 0.0561. The Bertz CT molecular complexity index is 449. The van der Waals surface area contributed by atoms with Crippen LogP contribution < -0.4 is 5.32 Å². The molecule has 1 rings (SSSR count). The number of hydrogen-bond donors (Lipinski definition) is 2. The second-order valence-corrected chi connectivity index (χ2v) is 3.45. The molecule has 84 valence electrons. The first-order chi connectivity index (χ1) is 7.49. The molecule has 0 aliphatic carbocycles. The average molecular weight is 219 g/mol. The van der Waals surface area contributed by atoms with Crippen molar-refractivity contribution in [1.29, 1.82) is 0 Å². The van der Waals surface area contributed by atoms with Gasteiger partial charge in [-0.05, 0) is 38.1 Å². The lowest BCUT2D eigenvalue weighted by atomic mass is 10.2. The summed E-state index contributed by atoms with van der Waals surface area (Å²) in [6.45, 7) is 3.20. The Morgan fingerprint density at radius 1 is 1.31 bits per heavy atom. The van der Waals surface area contributed by atoms with E-state index < -0.39 is 5.97 Å². The lowest BCUT2D eigenvalue weighted by Crippen LogP contribution is -2.01. The molecule has 0 saturated carbocycles. The zero-order valence-electron chi connectivity index (χ0n) is 9.15. The molecule has 0 aliphatic heterocycles. The highest BCUT2D eigenvalue weighted by atomic mass is 16.4. The molecule has 1 aromatic carbocycles. The van der Waals surface area contributed by atoms with E-state index in [0.717, 1.165) is 0 Å². The average Bonchev–Trinajstić information content (AvgIpc) is 2.16. The number of carbonyl (C=O) groups is 2. The summed E-state index contributed by atoms with van der Waals surface area (Å²) in [5, 5.41) is 11.7. The summed E-state index contributed by atoms with van der Waals surface area (Å²) >= 11 is 0. The Morgan fingerprint density at radius 2 is 2.00 bits per heavy atom. The summed E-state index contributed by atoms with van der Waals surface area (Å²) in [7, 11) is 0. The smallest absolute Gasteiger partial charge is 0.335 e. The van der Waals surface area contributed by atoms with Crippen LogP contribution in [-0.2, 0) is 4.79 Å². The number of carboxylic acid groups (broad SMARTS) is 1. The van der Waals surface area contributed by atoms with Gasteiger partial charge in [-0.25, -0.2) is 4.79 Å². The zero-order valence-corrected chi connectivity index (χ0v) is 9.15. The lowest BCUT2D eigenvalue weighted by molar-refractivity contribution is -0.112. The van der Waals surface area contributed by atoms with Gasteiger partial charge in [-0.15, -0.1) is 0 Å². The molecule has 0 aliphatic rings. The van der Waals surface area contributed by atoms with E-state index in [0.29, 0.717) is 11.4 Å². The first-order valence-corrected chi connectivity index (χ1v) is 4.78. The first kappa shape index (κ1) is 12.0. The standard InChI is InChI=1S/C12H13NO3/c1-8(6-9(2)14)13-11-5-3-4-10(7-11)12(15)16/h3-7,13H,1-2H3,(H,15,16). The van der Waals surface area contributed by atoms with Gasteiger partial charge in [0.1, 0.15) is 0 Å². The van der Waals surface area contributed by atoms with Crippen LogP contribution in [0.4, 0.5) is 5.69 Å². The second kappa shape index (κ2) is 5.11. The number of carbonyl (C=O) groups excluding carboxylic acids is 1. The highest BCUT2D eigenvalue weighted by Crippen LogP contribution is 2.12. The second-order valence-electron chi connectivity index (χ2n) is 3.45. The molecule has 0 bridgehead atoms. The summed E-state index contributed by atoms with van der Waals surface area (Å²) in [5.74, 6) is -1.03. The Labute approximate surface area is 93.6 Å². The van der Waals surface area contributed by atoms with E-state index in [4.69, 9.17) is 5.11 Å². The van der Waals surface area contributed by atoms with Crippen LogP contribution in [0.25, 0.3) is 0 Å². The Morgan fingerprint density at radius 3 is 2.56 bits per heavy atom. The van der Waals surface area contributed by atoms with E-state index in [1.54, 1.807) is 19.1 Å². The highest BCUT2D eigenvalue weighted by molar-refractivity contribution is 5.90. The van der Waals surface area contributed by atoms with Gasteiger partial charge in [0, 0.05) is 11.4 Å². The molecule has 2 N–H and O–H groups in total. The molecule has 4 nitrogen and oxygen atoms in total. The Balaban J connectivity index is 2.86. The van der Waals surface area contributed by atoms with Gasteiger partial charge in [0.05, 0.1) is 5.56 Å². The maximum absolute atomic E-state index is 10.8. The number of benzene rings is 1. The number of allylic oxidation sites excluding steroid dienone is 2. The van der Waals surface area contributed by atoms with Crippen molar-refractivity contribution in [3.63, 3.8) is 0 Å². The summed E-state index contributed by atoms with van der Waals surface area (Å²) in [6, 6.07) is 6.41. The number of ketones is 1. The van der Waals surface area contributed by atoms with Crippen LogP contribution >= 0.6 is 0 Å². The fraction of sp³-hybridized carbons (Fsp3) is 0.167. The fourth-order valence-electron chi connectivity index (χ4n) is 1.30. The molecule has 0 spiro atoms. The van der Waals surface area contributed by atoms with Gasteiger partial charge in [-0.3, -0.25) is 4.79 Å². The van der Waals surface area contributed by atoms with Crippen molar-refractivity contribution in [3.8, 4) is 0 Å². The fourth-order valence-corrected chi connectivity index (χ4v) is 1.30. The van der Waals surface area contributed by atoms with Crippen molar-refractivity contribution in [1.82, 2.24) is 0 Å². The summed E-state index contributed by atoms with van der Waals surface area (Å²) in [5.41, 5.74) is 1.53. The molecular weight excluding hydrogens is 206 g/mol. The largest absolute Gasteiger partial charge is 0.478 e. The quantitative estimate of drug-likeness (QED) is 0.762. The van der Waals surface area contributed by atoms with E-state index in [2.05, 4.69) is 5.32 Å². The van der Waals surface area contributed by atoms with E-state index in [-0.39, 0.29) is 11.3 Å². The van der Waals surface area contributed by atoms with Gasteiger partial charge in [0.15, 0.2) is 5.78 Å². The Kier molecular flexibility index (Phi) is 3.83. The highest BCUT2D eigenvalue weighted by Gasteiger charge is 2.02. The van der Waals surface area contributed by atoms with Crippen LogP contribution in [0.5, 0.6) is 0 Å². The molecule has 0 unspecified atom stereocenters. The van der Waals surface area contributed by atoms with Crippen LogP contribution in [0.3, 0.4) is 0 Å². The number of rotatable bonds is 4. The first-order valence-electron chi connectivity index (χ1n) is 4.78. The van der Waals surface area contributed by atoms with Crippen molar-refractivity contribution in [2.24, 2.45) is 0 Å². The van der Waals surface area contributed by atoms with E-state index in [1.807, 2.05) is 0 Å². The number of anilines is 1. The molecule has 0 radical (unpaired) electrons. The molecular formula is C12H13NO3. The molecule has 4 heteroatoms. The van der Waals surface area contributed by atoms with Gasteiger partial charge >= 0.3 is 5.97 Å². The van der Waals surface area contributed by atoms with Crippen LogP contribution in [-0.4, -0.2) is 16.9 Å². The maximum atomic E-state index is 10.8. The third-order valence-corrected chi connectivity index (χ3v) is 1.87. The van der Waals surface area contributed by atoms with Gasteiger partial charge < -0.3 is 10.4 Å². The van der Waals surface area contributed by atoms with Gasteiger partial charge in [-0.1, -0.05) is 6.07 Å². The van der Waals surface area contributed by atoms with Crippen molar-refractivity contribution in [3.05, 3.63) is 41.6 Å². The van der Waals surface area contributed by atoms with Crippen LogP contribution in [0.2, 0.25) is 0 Å². The third kappa shape index (κ3) is 3.57. The minimum Gasteiger partial charge on any atom is -0.478 e. The molecule has 0 aromatic heterocycles. The minimum atomic E-state index is -0.975. The third-order valence-electron chi connectivity index (χ3n) is 1.87. The molecule has 0 heterocycles. The van der Waals surface area contributed by atoms with Gasteiger partial charge in [-0.2, -0.15) is 0 Å². The van der Waals surface area contributed by atoms with Crippen molar-refractivity contribution < 1.29 is 14.7 Å². The summed E-state index contributed by atoms with van der Waals surface area (Å²) < 4.78 is 0. The molecule has 0 fully saturated rings. The molecule has 1 aromatic rings. The molecule has 0 amide bonds. The molecule has 0 saturated heterocycles. The predicted molar refractivity (Wildman–Crippen MR) is 61.5 cm³/mol. The van der Waals surface area contributed by atoms with Crippen LogP contribution in [0, 0.1) is 0 Å². The number of hydrogen-bond acceptors (Lipinski definition) is 3. The van der Waals surface area contributed by atoms with Crippen LogP contribution in [0.15, 0.2) is 36.0 Å². The van der Waals surface area contributed by atoms with Crippen molar-refractivity contribution in [2.45, 2.75) is 13.8 Å². The maximum Gasteiger partial charge on any atom is 0.335 e.